The number of likely N-dealkylation sites (N-methyl/N-ethyl adjacent to an activating group) is 1. The van der Waals surface area contributed by atoms with Gasteiger partial charge in [0.1, 0.15) is 47.4 Å². The van der Waals surface area contributed by atoms with Gasteiger partial charge in [-0.25, -0.2) is 29.0 Å². The summed E-state index contributed by atoms with van der Waals surface area (Å²) >= 11 is 0. The molecule has 14 nitrogen and oxygen atoms in total. The number of hydrogen-bond acceptors (Lipinski definition) is 11. The first kappa shape index (κ1) is 30.6. The van der Waals surface area contributed by atoms with E-state index in [9.17, 15) is 9.18 Å². The number of benzene rings is 2. The highest BCUT2D eigenvalue weighted by molar-refractivity contribution is 5.93. The molecule has 3 atom stereocenters. The summed E-state index contributed by atoms with van der Waals surface area (Å²) in [5, 5.41) is 5.17. The Morgan fingerprint density at radius 1 is 1.02 bits per heavy atom. The molecule has 49 heavy (non-hydrogen) atoms. The maximum Gasteiger partial charge on any atom is 0.317 e. The maximum atomic E-state index is 14.4. The predicted octanol–water partition coefficient (Wildman–Crippen LogP) is 3.59. The first-order chi connectivity index (χ1) is 23.8. The molecule has 2 aromatic carbocycles. The number of anilines is 1. The second kappa shape index (κ2) is 12.1. The number of rotatable bonds is 4. The van der Waals surface area contributed by atoms with E-state index >= 15 is 0 Å². The van der Waals surface area contributed by atoms with Crippen LogP contribution in [0.4, 0.5) is 10.2 Å². The lowest BCUT2D eigenvalue weighted by molar-refractivity contribution is -0.133. The van der Waals surface area contributed by atoms with Crippen molar-refractivity contribution < 1.29 is 23.4 Å². The van der Waals surface area contributed by atoms with Crippen molar-refractivity contribution in [3.05, 3.63) is 72.8 Å². The molecule has 250 valence electrons. The number of amides is 1. The SMILES string of the molecule is COc1cc(F)ccc1-n1ncc2c(N3C[C@@H]4C[C@H]3C(=O)N(C)C[C@@H](OC)Cn3c(C)nc5cccc(c53)-c3ccnc(n3)O4)ncnc21. The number of para-hydroxylation sites is 1. The smallest absolute Gasteiger partial charge is 0.317 e. The summed E-state index contributed by atoms with van der Waals surface area (Å²) in [5.74, 6) is 1.08. The summed E-state index contributed by atoms with van der Waals surface area (Å²) < 4.78 is 35.5. The van der Waals surface area contributed by atoms with Crippen molar-refractivity contribution in [2.75, 3.05) is 39.3 Å². The largest absolute Gasteiger partial charge is 0.494 e. The number of methoxy groups -OCH3 is 2. The first-order valence-corrected chi connectivity index (χ1v) is 15.9. The van der Waals surface area contributed by atoms with Crippen molar-refractivity contribution in [1.29, 1.82) is 0 Å². The van der Waals surface area contributed by atoms with E-state index in [1.807, 2.05) is 36.1 Å². The number of ether oxygens (including phenoxy) is 3. The maximum absolute atomic E-state index is 14.4. The van der Waals surface area contributed by atoms with E-state index < -0.39 is 18.0 Å². The van der Waals surface area contributed by atoms with Gasteiger partial charge in [-0.15, -0.1) is 0 Å². The molecule has 15 heteroatoms. The van der Waals surface area contributed by atoms with E-state index in [0.29, 0.717) is 60.0 Å². The Labute approximate surface area is 280 Å². The van der Waals surface area contributed by atoms with Gasteiger partial charge < -0.3 is 28.6 Å². The molecule has 0 radical (unpaired) electrons. The number of hydrogen-bond donors (Lipinski definition) is 0. The van der Waals surface area contributed by atoms with Gasteiger partial charge in [-0.2, -0.15) is 10.1 Å². The van der Waals surface area contributed by atoms with Crippen LogP contribution in [0.25, 0.3) is 39.0 Å². The molecule has 0 unspecified atom stereocenters. The molecule has 6 heterocycles. The van der Waals surface area contributed by atoms with Gasteiger partial charge in [-0.3, -0.25) is 4.79 Å². The number of aryl methyl sites for hydroxylation is 1. The van der Waals surface area contributed by atoms with Crippen LogP contribution in [0.3, 0.4) is 0 Å². The van der Waals surface area contributed by atoms with Gasteiger partial charge in [-0.1, -0.05) is 12.1 Å². The van der Waals surface area contributed by atoms with E-state index in [-0.39, 0.29) is 18.0 Å². The van der Waals surface area contributed by atoms with E-state index in [2.05, 4.69) is 24.6 Å². The van der Waals surface area contributed by atoms with Gasteiger partial charge in [-0.05, 0) is 31.2 Å². The zero-order valence-corrected chi connectivity index (χ0v) is 27.3. The van der Waals surface area contributed by atoms with Crippen molar-refractivity contribution >= 4 is 33.8 Å². The van der Waals surface area contributed by atoms with Crippen LogP contribution in [-0.2, 0) is 16.1 Å². The van der Waals surface area contributed by atoms with Gasteiger partial charge in [0.15, 0.2) is 5.65 Å². The highest BCUT2D eigenvalue weighted by Gasteiger charge is 2.42. The number of imidazole rings is 1. The van der Waals surface area contributed by atoms with Crippen molar-refractivity contribution in [1.82, 2.24) is 44.2 Å². The standard InChI is InChI=1S/C34H33FN10O4/c1-19-40-26-7-5-6-23-25-10-11-36-34(41-25)49-21-13-28(33(46)42(2)15-22(47-3)17-43(19)30(23)26)44(16-21)31-24-14-39-45(32(24)38-18-37-31)27-9-8-20(35)12-29(27)48-4/h5-12,14,18,21-22,28H,13,15-17H2,1-4H3/t21-,22+,28-/m0/s1. The molecule has 1 amide bonds. The summed E-state index contributed by atoms with van der Waals surface area (Å²) in [6.45, 7) is 3.09. The predicted molar refractivity (Wildman–Crippen MR) is 177 cm³/mol. The average Bonchev–Trinajstić information content (AvgIpc) is 3.82. The van der Waals surface area contributed by atoms with Gasteiger partial charge in [0.2, 0.25) is 5.91 Å². The highest BCUT2D eigenvalue weighted by atomic mass is 19.1. The molecule has 0 aliphatic carbocycles. The molecular formula is C34H33FN10O4. The van der Waals surface area contributed by atoms with Gasteiger partial charge in [0.05, 0.1) is 54.6 Å². The molecule has 0 N–H and O–H groups in total. The fourth-order valence-corrected chi connectivity index (χ4v) is 6.90. The molecule has 0 saturated carbocycles. The lowest BCUT2D eigenvalue weighted by atomic mass is 10.1. The van der Waals surface area contributed by atoms with E-state index in [4.69, 9.17) is 24.2 Å². The lowest BCUT2D eigenvalue weighted by Crippen LogP contribution is -2.47. The van der Waals surface area contributed by atoms with E-state index in [0.717, 1.165) is 22.4 Å². The summed E-state index contributed by atoms with van der Waals surface area (Å²) in [6, 6.07) is 11.6. The average molecular weight is 665 g/mol. The molecule has 1 saturated heterocycles. The Hall–Kier alpha value is -5.70. The third kappa shape index (κ3) is 5.26. The van der Waals surface area contributed by atoms with Crippen LogP contribution in [-0.4, -0.2) is 103 Å². The fraction of sp³-hybridized carbons (Fsp3) is 0.324. The van der Waals surface area contributed by atoms with Crippen LogP contribution in [0.5, 0.6) is 11.8 Å². The van der Waals surface area contributed by atoms with Crippen LogP contribution >= 0.6 is 0 Å². The van der Waals surface area contributed by atoms with Crippen LogP contribution in [0.15, 0.2) is 61.2 Å². The third-order valence-corrected chi connectivity index (χ3v) is 9.25. The van der Waals surface area contributed by atoms with Crippen LogP contribution in [0.2, 0.25) is 0 Å². The molecule has 6 aromatic rings. The summed E-state index contributed by atoms with van der Waals surface area (Å²) in [5.41, 5.74) is 4.33. The minimum absolute atomic E-state index is 0.120. The molecule has 4 bridgehead atoms. The molecule has 2 aliphatic heterocycles. The zero-order chi connectivity index (χ0) is 33.8. The number of halogens is 1. The minimum atomic E-state index is -0.637. The van der Waals surface area contributed by atoms with Gasteiger partial charge >= 0.3 is 6.01 Å². The molecule has 2 aliphatic rings. The first-order valence-electron chi connectivity index (χ1n) is 15.9. The van der Waals surface area contributed by atoms with Crippen LogP contribution in [0, 0.1) is 12.7 Å². The number of aromatic nitrogens is 8. The Kier molecular flexibility index (Phi) is 7.55. The van der Waals surface area contributed by atoms with E-state index in [1.54, 1.807) is 42.2 Å². The monoisotopic (exact) mass is 664 g/mol. The minimum Gasteiger partial charge on any atom is -0.494 e. The lowest BCUT2D eigenvalue weighted by Gasteiger charge is -2.30. The molecule has 8 rings (SSSR count). The molecule has 1 fully saturated rings. The quantitative estimate of drug-likeness (QED) is 0.273. The Balaban J connectivity index is 1.22. The van der Waals surface area contributed by atoms with Crippen molar-refractivity contribution in [3.63, 3.8) is 0 Å². The number of carbonyl (C=O) groups excluding carboxylic acids is 1. The normalized spacial score (nSPS) is 19.6. The van der Waals surface area contributed by atoms with Crippen molar-refractivity contribution in [2.24, 2.45) is 0 Å². The zero-order valence-electron chi connectivity index (χ0n) is 27.3. The Bertz CT molecular complexity index is 2220. The van der Waals surface area contributed by atoms with Crippen molar-refractivity contribution in [3.8, 4) is 28.7 Å². The van der Waals surface area contributed by atoms with Crippen molar-refractivity contribution in [2.45, 2.75) is 38.1 Å². The van der Waals surface area contributed by atoms with Gasteiger partial charge in [0, 0.05) is 44.9 Å². The number of fused-ring (bicyclic) bond motifs is 6. The van der Waals surface area contributed by atoms with Gasteiger partial charge in [0.25, 0.3) is 0 Å². The molecular weight excluding hydrogens is 631 g/mol. The molecule has 0 spiro atoms. The second-order valence-corrected chi connectivity index (χ2v) is 12.2. The summed E-state index contributed by atoms with van der Waals surface area (Å²) in [4.78, 5) is 41.2. The highest BCUT2D eigenvalue weighted by Crippen LogP contribution is 2.35. The van der Waals surface area contributed by atoms with E-state index in [1.165, 1.54) is 25.6 Å². The van der Waals surface area contributed by atoms with Crippen LogP contribution in [0.1, 0.15) is 12.2 Å². The van der Waals surface area contributed by atoms with Crippen LogP contribution < -0.4 is 14.4 Å². The Morgan fingerprint density at radius 2 is 1.90 bits per heavy atom. The second-order valence-electron chi connectivity index (χ2n) is 12.2. The Morgan fingerprint density at radius 3 is 2.73 bits per heavy atom. The third-order valence-electron chi connectivity index (χ3n) is 9.25. The fourth-order valence-electron chi connectivity index (χ4n) is 6.90. The topological polar surface area (TPSA) is 138 Å². The number of nitrogens with zero attached hydrogens (tertiary/aromatic N) is 10. The summed E-state index contributed by atoms with van der Waals surface area (Å²) in [7, 11) is 4.90. The summed E-state index contributed by atoms with van der Waals surface area (Å²) in [6.07, 6.45) is 4.32. The number of carbonyl (C=O) groups is 1. The molecule has 4 aromatic heterocycles.